The molecule has 0 aliphatic carbocycles. The van der Waals surface area contributed by atoms with Crippen molar-refractivity contribution >= 4 is 10.0 Å². The fraction of sp³-hybridized carbons (Fsp3) is 0.500. The highest BCUT2D eigenvalue weighted by molar-refractivity contribution is 7.89. The first-order chi connectivity index (χ1) is 9.58. The Kier molecular flexibility index (Phi) is 4.76. The van der Waals surface area contributed by atoms with E-state index in [4.69, 9.17) is 10.00 Å². The van der Waals surface area contributed by atoms with Crippen LogP contribution in [0.15, 0.2) is 29.2 Å². The summed E-state index contributed by atoms with van der Waals surface area (Å²) in [4.78, 5) is 0.0365. The highest BCUT2D eigenvalue weighted by Crippen LogP contribution is 2.23. The maximum atomic E-state index is 12.3. The van der Waals surface area contributed by atoms with Crippen LogP contribution in [-0.4, -0.2) is 27.7 Å². The van der Waals surface area contributed by atoms with Crippen LogP contribution in [0.2, 0.25) is 0 Å². The molecule has 0 aromatic heterocycles. The molecule has 0 spiro atoms. The third-order valence-electron chi connectivity index (χ3n) is 3.58. The van der Waals surface area contributed by atoms with Crippen molar-refractivity contribution in [2.24, 2.45) is 5.92 Å². The van der Waals surface area contributed by atoms with E-state index in [1.54, 1.807) is 12.1 Å². The van der Waals surface area contributed by atoms with Gasteiger partial charge in [-0.15, -0.1) is 0 Å². The second kappa shape index (κ2) is 6.35. The Hall–Kier alpha value is -1.42. The van der Waals surface area contributed by atoms with Crippen LogP contribution in [0, 0.1) is 17.2 Å². The molecule has 1 N–H and O–H groups in total. The van der Waals surface area contributed by atoms with Crippen LogP contribution < -0.4 is 4.72 Å². The highest BCUT2D eigenvalue weighted by atomic mass is 32.2. The lowest BCUT2D eigenvalue weighted by atomic mass is 10.0. The van der Waals surface area contributed by atoms with E-state index in [-0.39, 0.29) is 22.5 Å². The van der Waals surface area contributed by atoms with E-state index in [0.717, 1.165) is 12.8 Å². The quantitative estimate of drug-likeness (QED) is 0.895. The maximum Gasteiger partial charge on any atom is 0.241 e. The Morgan fingerprint density at radius 1 is 1.45 bits per heavy atom. The first kappa shape index (κ1) is 15.0. The highest BCUT2D eigenvalue weighted by Gasteiger charge is 2.28. The first-order valence-corrected chi connectivity index (χ1v) is 8.17. The number of nitrogens with one attached hydrogen (secondary N) is 1. The summed E-state index contributed by atoms with van der Waals surface area (Å²) in [5.74, 6) is 0.198. The molecule has 1 aromatic rings. The number of nitriles is 1. The van der Waals surface area contributed by atoms with Gasteiger partial charge in [0.1, 0.15) is 6.07 Å². The minimum atomic E-state index is -3.65. The SMILES string of the molecule is CCC1OCCC1CNS(=O)(=O)c1ccccc1C#N. The van der Waals surface area contributed by atoms with Gasteiger partial charge >= 0.3 is 0 Å². The zero-order valence-corrected chi connectivity index (χ0v) is 12.2. The van der Waals surface area contributed by atoms with E-state index in [0.29, 0.717) is 13.2 Å². The molecule has 5 nitrogen and oxygen atoms in total. The van der Waals surface area contributed by atoms with Gasteiger partial charge in [-0.3, -0.25) is 0 Å². The van der Waals surface area contributed by atoms with E-state index in [1.165, 1.54) is 12.1 Å². The summed E-state index contributed by atoms with van der Waals surface area (Å²) in [6.07, 6.45) is 1.85. The van der Waals surface area contributed by atoms with E-state index in [2.05, 4.69) is 4.72 Å². The van der Waals surface area contributed by atoms with Gasteiger partial charge in [0.05, 0.1) is 16.6 Å². The molecule has 2 unspecified atom stereocenters. The summed E-state index contributed by atoms with van der Waals surface area (Å²) < 4.78 is 32.7. The van der Waals surface area contributed by atoms with Crippen molar-refractivity contribution in [1.29, 1.82) is 5.26 Å². The maximum absolute atomic E-state index is 12.3. The van der Waals surface area contributed by atoms with Gasteiger partial charge < -0.3 is 4.74 Å². The summed E-state index contributed by atoms with van der Waals surface area (Å²) in [5, 5.41) is 8.98. The Morgan fingerprint density at radius 2 is 2.20 bits per heavy atom. The Balaban J connectivity index is 2.10. The van der Waals surface area contributed by atoms with Gasteiger partial charge in [0.2, 0.25) is 10.0 Å². The van der Waals surface area contributed by atoms with Gasteiger partial charge in [-0.2, -0.15) is 5.26 Å². The molecular weight excluding hydrogens is 276 g/mol. The Bertz CT molecular complexity index is 607. The lowest BCUT2D eigenvalue weighted by Crippen LogP contribution is -2.33. The Labute approximate surface area is 119 Å². The first-order valence-electron chi connectivity index (χ1n) is 6.69. The lowest BCUT2D eigenvalue weighted by Gasteiger charge is -2.17. The van der Waals surface area contributed by atoms with Gasteiger partial charge in [0.25, 0.3) is 0 Å². The molecule has 1 heterocycles. The van der Waals surface area contributed by atoms with Crippen molar-refractivity contribution in [2.75, 3.05) is 13.2 Å². The van der Waals surface area contributed by atoms with Crippen LogP contribution >= 0.6 is 0 Å². The molecule has 2 rings (SSSR count). The van der Waals surface area contributed by atoms with Crippen LogP contribution in [0.1, 0.15) is 25.3 Å². The zero-order chi connectivity index (χ0) is 14.6. The fourth-order valence-corrected chi connectivity index (χ4v) is 3.72. The molecular formula is C14H18N2O3S. The third kappa shape index (κ3) is 3.18. The number of hydrogen-bond donors (Lipinski definition) is 1. The molecule has 1 saturated heterocycles. The van der Waals surface area contributed by atoms with Crippen LogP contribution in [0.25, 0.3) is 0 Å². The number of benzene rings is 1. The third-order valence-corrected chi connectivity index (χ3v) is 5.06. The molecule has 1 aliphatic rings. The molecule has 0 saturated carbocycles. The smallest absolute Gasteiger partial charge is 0.241 e. The van der Waals surface area contributed by atoms with Gasteiger partial charge in [0.15, 0.2) is 0 Å². The van der Waals surface area contributed by atoms with Crippen molar-refractivity contribution in [3.05, 3.63) is 29.8 Å². The molecule has 2 atom stereocenters. The van der Waals surface area contributed by atoms with Crippen LogP contribution in [0.4, 0.5) is 0 Å². The predicted molar refractivity (Wildman–Crippen MR) is 74.5 cm³/mol. The van der Waals surface area contributed by atoms with Crippen LogP contribution in [0.3, 0.4) is 0 Å². The summed E-state index contributed by atoms with van der Waals surface area (Å²) in [6, 6.07) is 8.12. The Morgan fingerprint density at radius 3 is 2.90 bits per heavy atom. The molecule has 1 fully saturated rings. The fourth-order valence-electron chi connectivity index (χ4n) is 2.47. The monoisotopic (exact) mass is 294 g/mol. The van der Waals surface area contributed by atoms with Crippen molar-refractivity contribution in [1.82, 2.24) is 4.72 Å². The van der Waals surface area contributed by atoms with Crippen molar-refractivity contribution in [2.45, 2.75) is 30.8 Å². The molecule has 0 amide bonds. The molecule has 0 radical (unpaired) electrons. The summed E-state index contributed by atoms with van der Waals surface area (Å²) in [6.45, 7) is 3.06. The standard InChI is InChI=1S/C14H18N2O3S/c1-2-13-12(7-8-19-13)10-16-20(17,18)14-6-4-3-5-11(14)9-15/h3-6,12-13,16H,2,7-8,10H2,1H3. The van der Waals surface area contributed by atoms with Gasteiger partial charge in [-0.05, 0) is 25.0 Å². The van der Waals surface area contributed by atoms with Crippen LogP contribution in [0.5, 0.6) is 0 Å². The van der Waals surface area contributed by atoms with E-state index >= 15 is 0 Å². The summed E-state index contributed by atoms with van der Waals surface area (Å²) >= 11 is 0. The van der Waals surface area contributed by atoms with Crippen molar-refractivity contribution < 1.29 is 13.2 Å². The average molecular weight is 294 g/mol. The van der Waals surface area contributed by atoms with Crippen molar-refractivity contribution in [3.63, 3.8) is 0 Å². The number of nitrogens with zero attached hydrogens (tertiary/aromatic N) is 1. The lowest BCUT2D eigenvalue weighted by molar-refractivity contribution is 0.0884. The minimum absolute atomic E-state index is 0.0365. The zero-order valence-electron chi connectivity index (χ0n) is 11.4. The molecule has 6 heteroatoms. The molecule has 1 aromatic carbocycles. The van der Waals surface area contributed by atoms with E-state index in [9.17, 15) is 8.42 Å². The summed E-state index contributed by atoms with van der Waals surface area (Å²) in [5.41, 5.74) is 0.162. The van der Waals surface area contributed by atoms with Gasteiger partial charge in [-0.25, -0.2) is 13.1 Å². The second-order valence-electron chi connectivity index (χ2n) is 4.83. The normalized spacial score (nSPS) is 22.6. The largest absolute Gasteiger partial charge is 0.378 e. The minimum Gasteiger partial charge on any atom is -0.378 e. The molecule has 20 heavy (non-hydrogen) atoms. The van der Waals surface area contributed by atoms with Gasteiger partial charge in [0, 0.05) is 19.1 Å². The number of hydrogen-bond acceptors (Lipinski definition) is 4. The topological polar surface area (TPSA) is 79.2 Å². The average Bonchev–Trinajstić information content (AvgIpc) is 2.92. The van der Waals surface area contributed by atoms with E-state index in [1.807, 2.05) is 13.0 Å². The summed E-state index contributed by atoms with van der Waals surface area (Å²) in [7, 11) is -3.65. The van der Waals surface area contributed by atoms with E-state index < -0.39 is 10.0 Å². The molecule has 0 bridgehead atoms. The number of rotatable bonds is 5. The van der Waals surface area contributed by atoms with Gasteiger partial charge in [-0.1, -0.05) is 19.1 Å². The predicted octanol–water partition coefficient (Wildman–Crippen LogP) is 1.65. The second-order valence-corrected chi connectivity index (χ2v) is 6.56. The molecule has 1 aliphatic heterocycles. The van der Waals surface area contributed by atoms with Crippen molar-refractivity contribution in [3.8, 4) is 6.07 Å². The number of ether oxygens (including phenoxy) is 1. The molecule has 108 valence electrons. The van der Waals surface area contributed by atoms with Crippen LogP contribution in [-0.2, 0) is 14.8 Å². The number of sulfonamides is 1.